The largest absolute Gasteiger partial charge is 0.374 e. The average molecular weight is 281 g/mol. The van der Waals surface area contributed by atoms with Gasteiger partial charge in [0.25, 0.3) is 0 Å². The van der Waals surface area contributed by atoms with Crippen molar-refractivity contribution in [2.24, 2.45) is 0 Å². The van der Waals surface area contributed by atoms with Gasteiger partial charge in [0.05, 0.1) is 11.6 Å². The van der Waals surface area contributed by atoms with Gasteiger partial charge in [-0.3, -0.25) is 0 Å². The molecule has 0 saturated heterocycles. The predicted octanol–water partition coefficient (Wildman–Crippen LogP) is 4.38. The zero-order valence-electron chi connectivity index (χ0n) is 13.4. The van der Waals surface area contributed by atoms with Crippen LogP contribution in [0.2, 0.25) is 0 Å². The SMILES string of the molecule is CCCNC(c1ccc(F)c(C)c1)C(C)(CC)OCC. The fourth-order valence-electron chi connectivity index (χ4n) is 2.54. The minimum absolute atomic E-state index is 0.0756. The number of hydrogen-bond donors (Lipinski definition) is 1. The summed E-state index contributed by atoms with van der Waals surface area (Å²) in [5.74, 6) is -0.155. The summed E-state index contributed by atoms with van der Waals surface area (Å²) in [5, 5.41) is 3.56. The molecular weight excluding hydrogens is 253 g/mol. The fraction of sp³-hybridized carbons (Fsp3) is 0.647. The van der Waals surface area contributed by atoms with Crippen molar-refractivity contribution in [3.05, 3.63) is 35.1 Å². The molecule has 20 heavy (non-hydrogen) atoms. The first-order chi connectivity index (χ1) is 9.48. The lowest BCUT2D eigenvalue weighted by Gasteiger charge is -2.38. The molecule has 1 N–H and O–H groups in total. The highest BCUT2D eigenvalue weighted by atomic mass is 19.1. The Labute approximate surface area is 122 Å². The second kappa shape index (κ2) is 7.75. The van der Waals surface area contributed by atoms with E-state index in [-0.39, 0.29) is 17.5 Å². The Morgan fingerprint density at radius 3 is 2.50 bits per heavy atom. The summed E-state index contributed by atoms with van der Waals surface area (Å²) in [6.07, 6.45) is 1.96. The van der Waals surface area contributed by atoms with Gasteiger partial charge in [0, 0.05) is 6.61 Å². The fourth-order valence-corrected chi connectivity index (χ4v) is 2.54. The van der Waals surface area contributed by atoms with E-state index < -0.39 is 0 Å². The maximum Gasteiger partial charge on any atom is 0.126 e. The van der Waals surface area contributed by atoms with Crippen LogP contribution >= 0.6 is 0 Å². The van der Waals surface area contributed by atoms with E-state index in [9.17, 15) is 4.39 Å². The summed E-state index contributed by atoms with van der Waals surface area (Å²) in [6, 6.07) is 5.41. The van der Waals surface area contributed by atoms with Crippen molar-refractivity contribution in [1.82, 2.24) is 5.32 Å². The van der Waals surface area contributed by atoms with Crippen LogP contribution < -0.4 is 5.32 Å². The van der Waals surface area contributed by atoms with Crippen LogP contribution in [0.25, 0.3) is 0 Å². The standard InChI is InChI=1S/C17H28FNO/c1-6-11-19-16(17(5,7-2)20-8-3)14-9-10-15(18)13(4)12-14/h9-10,12,16,19H,6-8,11H2,1-5H3. The highest BCUT2D eigenvalue weighted by Crippen LogP contribution is 2.33. The molecule has 2 nitrogen and oxygen atoms in total. The van der Waals surface area contributed by atoms with Gasteiger partial charge in [0.1, 0.15) is 5.82 Å². The van der Waals surface area contributed by atoms with Crippen molar-refractivity contribution in [3.63, 3.8) is 0 Å². The van der Waals surface area contributed by atoms with Crippen molar-refractivity contribution < 1.29 is 9.13 Å². The minimum Gasteiger partial charge on any atom is -0.374 e. The van der Waals surface area contributed by atoms with Gasteiger partial charge in [-0.15, -0.1) is 0 Å². The Balaban J connectivity index is 3.12. The van der Waals surface area contributed by atoms with E-state index in [1.54, 1.807) is 13.0 Å². The van der Waals surface area contributed by atoms with Crippen LogP contribution in [0.3, 0.4) is 0 Å². The van der Waals surface area contributed by atoms with Gasteiger partial charge < -0.3 is 10.1 Å². The van der Waals surface area contributed by atoms with Crippen molar-refractivity contribution in [2.75, 3.05) is 13.2 Å². The van der Waals surface area contributed by atoms with Gasteiger partial charge >= 0.3 is 0 Å². The Kier molecular flexibility index (Phi) is 6.63. The molecule has 0 aliphatic heterocycles. The number of rotatable bonds is 8. The topological polar surface area (TPSA) is 21.3 Å². The van der Waals surface area contributed by atoms with Gasteiger partial charge in [-0.05, 0) is 57.4 Å². The summed E-state index contributed by atoms with van der Waals surface area (Å²) < 4.78 is 19.5. The van der Waals surface area contributed by atoms with E-state index in [1.807, 2.05) is 19.1 Å². The molecule has 114 valence electrons. The molecule has 0 fully saturated rings. The van der Waals surface area contributed by atoms with E-state index in [1.165, 1.54) is 0 Å². The minimum atomic E-state index is -0.284. The lowest BCUT2D eigenvalue weighted by Crippen LogP contribution is -2.44. The molecule has 3 heteroatoms. The van der Waals surface area contributed by atoms with Crippen molar-refractivity contribution in [2.45, 2.75) is 59.1 Å². The first kappa shape index (κ1) is 17.1. The van der Waals surface area contributed by atoms with Crippen LogP contribution in [0.5, 0.6) is 0 Å². The number of aryl methyl sites for hydroxylation is 1. The van der Waals surface area contributed by atoms with E-state index in [0.717, 1.165) is 24.9 Å². The number of nitrogens with one attached hydrogen (secondary N) is 1. The van der Waals surface area contributed by atoms with E-state index >= 15 is 0 Å². The maximum absolute atomic E-state index is 13.5. The Bertz CT molecular complexity index is 421. The number of hydrogen-bond acceptors (Lipinski definition) is 2. The normalized spacial score (nSPS) is 15.9. The molecule has 0 bridgehead atoms. The molecule has 1 aromatic rings. The smallest absolute Gasteiger partial charge is 0.126 e. The quantitative estimate of drug-likeness (QED) is 0.763. The molecule has 0 heterocycles. The molecule has 1 aromatic carbocycles. The summed E-state index contributed by atoms with van der Waals surface area (Å²) in [7, 11) is 0. The third-order valence-corrected chi connectivity index (χ3v) is 3.90. The summed E-state index contributed by atoms with van der Waals surface area (Å²) in [6.45, 7) is 11.8. The van der Waals surface area contributed by atoms with Crippen molar-refractivity contribution in [1.29, 1.82) is 0 Å². The Hall–Kier alpha value is -0.930. The molecule has 0 aliphatic carbocycles. The van der Waals surface area contributed by atoms with Crippen LogP contribution in [0.4, 0.5) is 4.39 Å². The van der Waals surface area contributed by atoms with Crippen LogP contribution in [0.1, 0.15) is 57.7 Å². The molecule has 2 atom stereocenters. The monoisotopic (exact) mass is 281 g/mol. The number of halogens is 1. The zero-order chi connectivity index (χ0) is 15.2. The average Bonchev–Trinajstić information content (AvgIpc) is 2.43. The predicted molar refractivity (Wildman–Crippen MR) is 82.5 cm³/mol. The van der Waals surface area contributed by atoms with Crippen LogP contribution in [-0.4, -0.2) is 18.8 Å². The highest BCUT2D eigenvalue weighted by Gasteiger charge is 2.34. The molecular formula is C17H28FNO. The molecule has 0 aromatic heterocycles. The summed E-state index contributed by atoms with van der Waals surface area (Å²) >= 11 is 0. The molecule has 0 aliphatic rings. The van der Waals surface area contributed by atoms with Gasteiger partial charge in [-0.2, -0.15) is 0 Å². The molecule has 2 unspecified atom stereocenters. The highest BCUT2D eigenvalue weighted by molar-refractivity contribution is 5.28. The van der Waals surface area contributed by atoms with Gasteiger partial charge in [-0.25, -0.2) is 4.39 Å². The van der Waals surface area contributed by atoms with Crippen LogP contribution in [-0.2, 0) is 4.74 Å². The summed E-state index contributed by atoms with van der Waals surface area (Å²) in [5.41, 5.74) is 1.49. The van der Waals surface area contributed by atoms with E-state index in [4.69, 9.17) is 4.74 Å². The molecule has 0 amide bonds. The number of benzene rings is 1. The van der Waals surface area contributed by atoms with Gasteiger partial charge in [0.15, 0.2) is 0 Å². The number of ether oxygens (including phenoxy) is 1. The lowest BCUT2D eigenvalue weighted by atomic mass is 9.86. The van der Waals surface area contributed by atoms with Gasteiger partial charge in [0.2, 0.25) is 0 Å². The Morgan fingerprint density at radius 1 is 1.30 bits per heavy atom. The molecule has 0 spiro atoms. The van der Waals surface area contributed by atoms with Crippen molar-refractivity contribution >= 4 is 0 Å². The second-order valence-electron chi connectivity index (χ2n) is 5.49. The van der Waals surface area contributed by atoms with E-state index in [2.05, 4.69) is 26.1 Å². The van der Waals surface area contributed by atoms with Gasteiger partial charge in [-0.1, -0.05) is 26.0 Å². The first-order valence-corrected chi connectivity index (χ1v) is 7.61. The van der Waals surface area contributed by atoms with Crippen molar-refractivity contribution in [3.8, 4) is 0 Å². The first-order valence-electron chi connectivity index (χ1n) is 7.61. The summed E-state index contributed by atoms with van der Waals surface area (Å²) in [4.78, 5) is 0. The Morgan fingerprint density at radius 2 is 2.00 bits per heavy atom. The molecule has 0 saturated carbocycles. The van der Waals surface area contributed by atoms with Crippen LogP contribution in [0, 0.1) is 12.7 Å². The molecule has 1 rings (SSSR count). The molecule has 0 radical (unpaired) electrons. The second-order valence-corrected chi connectivity index (χ2v) is 5.49. The van der Waals surface area contributed by atoms with E-state index in [0.29, 0.717) is 12.2 Å². The lowest BCUT2D eigenvalue weighted by molar-refractivity contribution is -0.0563. The zero-order valence-corrected chi connectivity index (χ0v) is 13.4. The van der Waals surface area contributed by atoms with Crippen LogP contribution in [0.15, 0.2) is 18.2 Å². The maximum atomic E-state index is 13.5. The third kappa shape index (κ3) is 4.03. The third-order valence-electron chi connectivity index (χ3n) is 3.90.